The van der Waals surface area contributed by atoms with Crippen LogP contribution in [0.4, 0.5) is 5.69 Å². The van der Waals surface area contributed by atoms with Crippen LogP contribution in [0.15, 0.2) is 18.2 Å². The second-order valence-electron chi connectivity index (χ2n) is 3.89. The molecule has 0 aromatic heterocycles. The summed E-state index contributed by atoms with van der Waals surface area (Å²) in [4.78, 5) is 2.41. The lowest BCUT2D eigenvalue weighted by molar-refractivity contribution is 0.822. The van der Waals surface area contributed by atoms with E-state index in [-0.39, 0.29) is 0 Å². The van der Waals surface area contributed by atoms with Crippen molar-refractivity contribution in [1.29, 1.82) is 0 Å². The average Bonchev–Trinajstić information content (AvgIpc) is 3.04. The molecule has 82 valence electrons. The summed E-state index contributed by atoms with van der Waals surface area (Å²) in [5.74, 6) is 0.484. The van der Waals surface area contributed by atoms with Crippen LogP contribution in [-0.2, 0) is 5.88 Å². The molecule has 1 nitrogen and oxygen atoms in total. The van der Waals surface area contributed by atoms with Gasteiger partial charge in [-0.25, -0.2) is 0 Å². The maximum atomic E-state index is 6.14. The smallest absolute Gasteiger partial charge is 0.0509 e. The minimum atomic E-state index is 0.484. The molecular formula is C12H15Cl2N. The molecule has 0 heterocycles. The largest absolute Gasteiger partial charge is 0.369 e. The Morgan fingerprint density at radius 2 is 2.13 bits per heavy atom. The minimum absolute atomic E-state index is 0.484. The van der Waals surface area contributed by atoms with E-state index in [1.54, 1.807) is 0 Å². The fourth-order valence-electron chi connectivity index (χ4n) is 1.96. The molecule has 3 heteroatoms. The summed E-state index contributed by atoms with van der Waals surface area (Å²) in [6, 6.07) is 6.73. The zero-order valence-electron chi connectivity index (χ0n) is 8.84. The van der Waals surface area contributed by atoms with E-state index in [1.165, 1.54) is 18.5 Å². The number of anilines is 1. The molecule has 0 saturated heterocycles. The Balaban J connectivity index is 2.36. The third-order valence-corrected chi connectivity index (χ3v) is 3.49. The number of halogens is 2. The van der Waals surface area contributed by atoms with Gasteiger partial charge < -0.3 is 4.90 Å². The summed E-state index contributed by atoms with van der Waals surface area (Å²) in [6.07, 6.45) is 2.59. The standard InChI is InChI=1S/C12H15Cl2N/c1-2-15(9-6-7-9)12-5-3-4-11(14)10(12)8-13/h3-5,9H,2,6-8H2,1H3. The molecule has 2 rings (SSSR count). The van der Waals surface area contributed by atoms with E-state index >= 15 is 0 Å². The lowest BCUT2D eigenvalue weighted by Gasteiger charge is -2.25. The maximum absolute atomic E-state index is 6.14. The SMILES string of the molecule is CCN(c1cccc(Cl)c1CCl)C1CC1. The Morgan fingerprint density at radius 3 is 2.67 bits per heavy atom. The third-order valence-electron chi connectivity index (χ3n) is 2.87. The number of rotatable bonds is 4. The zero-order valence-corrected chi connectivity index (χ0v) is 10.4. The van der Waals surface area contributed by atoms with Crippen molar-refractivity contribution < 1.29 is 0 Å². The van der Waals surface area contributed by atoms with Crippen molar-refractivity contribution in [3.05, 3.63) is 28.8 Å². The predicted octanol–water partition coefficient (Wildman–Crippen LogP) is 4.07. The molecule has 15 heavy (non-hydrogen) atoms. The monoisotopic (exact) mass is 243 g/mol. The van der Waals surface area contributed by atoms with Crippen LogP contribution in [0.2, 0.25) is 5.02 Å². The summed E-state index contributed by atoms with van der Waals surface area (Å²) in [7, 11) is 0. The second kappa shape index (κ2) is 4.63. The third kappa shape index (κ3) is 2.24. The second-order valence-corrected chi connectivity index (χ2v) is 4.56. The first-order valence-electron chi connectivity index (χ1n) is 5.38. The molecule has 1 aromatic rings. The lowest BCUT2D eigenvalue weighted by Crippen LogP contribution is -2.26. The van der Waals surface area contributed by atoms with E-state index in [0.717, 1.165) is 17.1 Å². The van der Waals surface area contributed by atoms with Gasteiger partial charge in [0, 0.05) is 28.9 Å². The number of hydrogen-bond acceptors (Lipinski definition) is 1. The average molecular weight is 244 g/mol. The van der Waals surface area contributed by atoms with Gasteiger partial charge in [-0.15, -0.1) is 11.6 Å². The molecule has 1 saturated carbocycles. The summed E-state index contributed by atoms with van der Waals surface area (Å²) in [6.45, 7) is 3.20. The molecule has 0 aliphatic heterocycles. The van der Waals surface area contributed by atoms with Gasteiger partial charge in [-0.3, -0.25) is 0 Å². The molecule has 0 amide bonds. The topological polar surface area (TPSA) is 3.24 Å². The van der Waals surface area contributed by atoms with Gasteiger partial charge in [0.05, 0.1) is 5.88 Å². The van der Waals surface area contributed by atoms with E-state index < -0.39 is 0 Å². The molecule has 0 bridgehead atoms. The van der Waals surface area contributed by atoms with E-state index in [9.17, 15) is 0 Å². The highest BCUT2D eigenvalue weighted by Gasteiger charge is 2.29. The van der Waals surface area contributed by atoms with Gasteiger partial charge in [-0.1, -0.05) is 17.7 Å². The number of alkyl halides is 1. The van der Waals surface area contributed by atoms with Crippen molar-refractivity contribution in [1.82, 2.24) is 0 Å². The highest BCUT2D eigenvalue weighted by atomic mass is 35.5. The van der Waals surface area contributed by atoms with Gasteiger partial charge in [0.1, 0.15) is 0 Å². The minimum Gasteiger partial charge on any atom is -0.369 e. The number of benzene rings is 1. The summed E-state index contributed by atoms with van der Waals surface area (Å²) in [5.41, 5.74) is 2.28. The molecular weight excluding hydrogens is 229 g/mol. The van der Waals surface area contributed by atoms with E-state index in [2.05, 4.69) is 17.9 Å². The van der Waals surface area contributed by atoms with Crippen LogP contribution in [0, 0.1) is 0 Å². The molecule has 1 aromatic carbocycles. The fourth-order valence-corrected chi connectivity index (χ4v) is 2.55. The van der Waals surface area contributed by atoms with Crippen molar-refractivity contribution in [2.24, 2.45) is 0 Å². The molecule has 0 atom stereocenters. The van der Waals surface area contributed by atoms with Crippen molar-refractivity contribution in [2.45, 2.75) is 31.7 Å². The first-order chi connectivity index (χ1) is 7.27. The lowest BCUT2D eigenvalue weighted by atomic mass is 10.1. The van der Waals surface area contributed by atoms with Crippen molar-refractivity contribution in [3.8, 4) is 0 Å². The number of nitrogens with zero attached hydrogens (tertiary/aromatic N) is 1. The van der Waals surface area contributed by atoms with Crippen LogP contribution < -0.4 is 4.90 Å². The Kier molecular flexibility index (Phi) is 3.42. The van der Waals surface area contributed by atoms with Crippen LogP contribution in [-0.4, -0.2) is 12.6 Å². The predicted molar refractivity (Wildman–Crippen MR) is 67.1 cm³/mol. The molecule has 0 radical (unpaired) electrons. The highest BCUT2D eigenvalue weighted by Crippen LogP contribution is 2.36. The molecule has 0 N–H and O–H groups in total. The fraction of sp³-hybridized carbons (Fsp3) is 0.500. The molecule has 1 aliphatic carbocycles. The van der Waals surface area contributed by atoms with E-state index in [4.69, 9.17) is 23.2 Å². The molecule has 1 aliphatic rings. The Morgan fingerprint density at radius 1 is 1.40 bits per heavy atom. The Hall–Kier alpha value is -0.400. The van der Waals surface area contributed by atoms with Crippen LogP contribution in [0.25, 0.3) is 0 Å². The van der Waals surface area contributed by atoms with Gasteiger partial charge in [0.15, 0.2) is 0 Å². The first kappa shape index (κ1) is 11.1. The van der Waals surface area contributed by atoms with Crippen LogP contribution in [0.3, 0.4) is 0 Å². The van der Waals surface area contributed by atoms with Crippen LogP contribution in [0.1, 0.15) is 25.3 Å². The first-order valence-corrected chi connectivity index (χ1v) is 6.29. The van der Waals surface area contributed by atoms with Gasteiger partial charge >= 0.3 is 0 Å². The van der Waals surface area contributed by atoms with Crippen molar-refractivity contribution in [2.75, 3.05) is 11.4 Å². The number of hydrogen-bond donors (Lipinski definition) is 0. The Labute approximate surface area is 101 Å². The van der Waals surface area contributed by atoms with Crippen LogP contribution >= 0.6 is 23.2 Å². The van der Waals surface area contributed by atoms with E-state index in [1.807, 2.05) is 12.1 Å². The van der Waals surface area contributed by atoms with Gasteiger partial charge in [0.2, 0.25) is 0 Å². The van der Waals surface area contributed by atoms with Crippen molar-refractivity contribution >= 4 is 28.9 Å². The van der Waals surface area contributed by atoms with Crippen LogP contribution in [0.5, 0.6) is 0 Å². The van der Waals surface area contributed by atoms with Gasteiger partial charge in [0.25, 0.3) is 0 Å². The molecule has 0 unspecified atom stereocenters. The summed E-state index contributed by atoms with van der Waals surface area (Å²) in [5, 5.41) is 0.779. The van der Waals surface area contributed by atoms with Crippen molar-refractivity contribution in [3.63, 3.8) is 0 Å². The van der Waals surface area contributed by atoms with Gasteiger partial charge in [-0.2, -0.15) is 0 Å². The van der Waals surface area contributed by atoms with Gasteiger partial charge in [-0.05, 0) is 31.9 Å². The summed E-state index contributed by atoms with van der Waals surface area (Å²) < 4.78 is 0. The quantitative estimate of drug-likeness (QED) is 0.721. The zero-order chi connectivity index (χ0) is 10.8. The van der Waals surface area contributed by atoms with E-state index in [0.29, 0.717) is 11.9 Å². The Bertz CT molecular complexity index is 347. The maximum Gasteiger partial charge on any atom is 0.0509 e. The molecule has 0 spiro atoms. The summed E-state index contributed by atoms with van der Waals surface area (Å²) >= 11 is 12.1. The molecule has 1 fully saturated rings. The normalized spacial score (nSPS) is 15.4. The highest BCUT2D eigenvalue weighted by molar-refractivity contribution is 6.32.